The number of sulfonamides is 1. The zero-order valence-electron chi connectivity index (χ0n) is 13.9. The molecule has 2 bridgehead atoms. The molecule has 0 saturated carbocycles. The molecule has 0 spiro atoms. The monoisotopic (exact) mass is 362 g/mol. The lowest BCUT2D eigenvalue weighted by Crippen LogP contribution is -2.49. The van der Waals surface area contributed by atoms with Gasteiger partial charge < -0.3 is 4.57 Å². The molecule has 0 aliphatic carbocycles. The van der Waals surface area contributed by atoms with E-state index in [1.165, 1.54) is 22.7 Å². The Bertz CT molecular complexity index is 1000. The molecule has 4 rings (SSSR count). The minimum Gasteiger partial charge on any atom is -0.311 e. The van der Waals surface area contributed by atoms with Crippen LogP contribution in [-0.2, 0) is 16.6 Å². The van der Waals surface area contributed by atoms with Crippen LogP contribution >= 0.6 is 0 Å². The van der Waals surface area contributed by atoms with Crippen molar-refractivity contribution in [2.75, 3.05) is 19.3 Å². The molecule has 0 amide bonds. The molecule has 1 saturated heterocycles. The molecule has 2 aromatic rings. The van der Waals surface area contributed by atoms with E-state index in [0.29, 0.717) is 30.8 Å². The lowest BCUT2D eigenvalue weighted by atomic mass is 9.81. The fourth-order valence-electron chi connectivity index (χ4n) is 4.15. The maximum absolute atomic E-state index is 14.3. The van der Waals surface area contributed by atoms with Gasteiger partial charge in [0.2, 0.25) is 10.0 Å². The molecule has 132 valence electrons. The topological polar surface area (TPSA) is 59.4 Å². The molecule has 0 radical (unpaired) electrons. The molecule has 25 heavy (non-hydrogen) atoms. The van der Waals surface area contributed by atoms with Crippen molar-refractivity contribution in [1.82, 2.24) is 8.87 Å². The van der Waals surface area contributed by atoms with E-state index in [2.05, 4.69) is 0 Å². The quantitative estimate of drug-likeness (QED) is 0.821. The molecule has 2 atom stereocenters. The third kappa shape index (κ3) is 2.81. The van der Waals surface area contributed by atoms with E-state index >= 15 is 0 Å². The summed E-state index contributed by atoms with van der Waals surface area (Å²) in [6.45, 7) is 1.24. The number of rotatable bonds is 2. The highest BCUT2D eigenvalue weighted by molar-refractivity contribution is 7.88. The standard InChI is InChI=1S/C18H19FN2O3S/c1-25(23,24)20-9-12-8-13(11-20)18-15(6-7-17(22)21(18)10-12)14-4-2-3-5-16(14)19/h2-7,12-13H,8-11H2,1H3. The van der Waals surface area contributed by atoms with Crippen molar-refractivity contribution in [2.45, 2.75) is 18.9 Å². The van der Waals surface area contributed by atoms with E-state index in [1.54, 1.807) is 28.8 Å². The van der Waals surface area contributed by atoms with Gasteiger partial charge in [-0.25, -0.2) is 17.1 Å². The lowest BCUT2D eigenvalue weighted by Gasteiger charge is -2.42. The summed E-state index contributed by atoms with van der Waals surface area (Å²) in [6.07, 6.45) is 2.03. The van der Waals surface area contributed by atoms with Gasteiger partial charge in [0.05, 0.1) is 6.26 Å². The summed E-state index contributed by atoms with van der Waals surface area (Å²) in [4.78, 5) is 12.4. The predicted molar refractivity (Wildman–Crippen MR) is 93.4 cm³/mol. The van der Waals surface area contributed by atoms with Gasteiger partial charge in [-0.2, -0.15) is 0 Å². The number of fused-ring (bicyclic) bond motifs is 4. The van der Waals surface area contributed by atoms with Crippen LogP contribution in [-0.4, -0.2) is 36.6 Å². The van der Waals surface area contributed by atoms with Crippen molar-refractivity contribution in [1.29, 1.82) is 0 Å². The molecule has 2 unspecified atom stereocenters. The number of halogens is 1. The summed E-state index contributed by atoms with van der Waals surface area (Å²) in [7, 11) is -3.29. The van der Waals surface area contributed by atoms with Crippen LogP contribution < -0.4 is 5.56 Å². The smallest absolute Gasteiger partial charge is 0.250 e. The zero-order chi connectivity index (χ0) is 17.8. The maximum Gasteiger partial charge on any atom is 0.250 e. The van der Waals surface area contributed by atoms with E-state index in [1.807, 2.05) is 0 Å². The summed E-state index contributed by atoms with van der Waals surface area (Å²) in [6, 6.07) is 9.61. The minimum atomic E-state index is -3.29. The average molecular weight is 362 g/mol. The van der Waals surface area contributed by atoms with Gasteiger partial charge in [0.15, 0.2) is 0 Å². The predicted octanol–water partition coefficient (Wildman–Crippen LogP) is 2.03. The van der Waals surface area contributed by atoms with E-state index in [0.717, 1.165) is 12.1 Å². The number of nitrogens with zero attached hydrogens (tertiary/aromatic N) is 2. The number of pyridine rings is 1. The highest BCUT2D eigenvalue weighted by atomic mass is 32.2. The maximum atomic E-state index is 14.3. The van der Waals surface area contributed by atoms with Crippen molar-refractivity contribution < 1.29 is 12.8 Å². The van der Waals surface area contributed by atoms with E-state index in [-0.39, 0.29) is 23.2 Å². The third-order valence-corrected chi connectivity index (χ3v) is 6.43. The first-order valence-corrected chi connectivity index (χ1v) is 10.1. The zero-order valence-corrected chi connectivity index (χ0v) is 14.7. The van der Waals surface area contributed by atoms with Crippen molar-refractivity contribution >= 4 is 10.0 Å². The largest absolute Gasteiger partial charge is 0.311 e. The van der Waals surface area contributed by atoms with Crippen LogP contribution in [0.2, 0.25) is 0 Å². The molecule has 1 fully saturated rings. The van der Waals surface area contributed by atoms with Crippen LogP contribution in [0.4, 0.5) is 4.39 Å². The van der Waals surface area contributed by atoms with Crippen molar-refractivity contribution in [3.05, 3.63) is 58.3 Å². The average Bonchev–Trinajstić information content (AvgIpc) is 2.55. The Labute approximate surface area is 145 Å². The van der Waals surface area contributed by atoms with Gasteiger partial charge in [0.1, 0.15) is 5.82 Å². The van der Waals surface area contributed by atoms with Gasteiger partial charge in [-0.1, -0.05) is 18.2 Å². The highest BCUT2D eigenvalue weighted by Crippen LogP contribution is 2.40. The SMILES string of the molecule is CS(=O)(=O)N1CC2CC(C1)c1c(-c3ccccc3F)ccc(=O)n1C2. The first kappa shape index (κ1) is 16.5. The Balaban J connectivity index is 1.89. The second kappa shape index (κ2) is 5.78. The van der Waals surface area contributed by atoms with Crippen LogP contribution in [0.25, 0.3) is 11.1 Å². The molecule has 3 heterocycles. The Morgan fingerprint density at radius 1 is 1.04 bits per heavy atom. The normalized spacial score (nSPS) is 23.3. The van der Waals surface area contributed by atoms with E-state index in [4.69, 9.17) is 0 Å². The minimum absolute atomic E-state index is 0.106. The van der Waals surface area contributed by atoms with Gasteiger partial charge in [0.25, 0.3) is 5.56 Å². The molecule has 7 heteroatoms. The van der Waals surface area contributed by atoms with Crippen molar-refractivity contribution in [3.63, 3.8) is 0 Å². The van der Waals surface area contributed by atoms with Gasteiger partial charge >= 0.3 is 0 Å². The molecule has 1 aromatic carbocycles. The van der Waals surface area contributed by atoms with Crippen molar-refractivity contribution in [2.24, 2.45) is 5.92 Å². The number of hydrogen-bond donors (Lipinski definition) is 0. The number of aromatic nitrogens is 1. The summed E-state index contributed by atoms with van der Waals surface area (Å²) >= 11 is 0. The summed E-state index contributed by atoms with van der Waals surface area (Å²) < 4.78 is 41.5. The van der Waals surface area contributed by atoms with E-state index < -0.39 is 10.0 Å². The number of piperidine rings is 1. The Hall–Kier alpha value is -1.99. The Morgan fingerprint density at radius 2 is 1.80 bits per heavy atom. The summed E-state index contributed by atoms with van der Waals surface area (Å²) in [5, 5.41) is 0. The van der Waals surface area contributed by atoms with Gasteiger partial charge in [-0.15, -0.1) is 0 Å². The van der Waals surface area contributed by atoms with Crippen LogP contribution in [0.15, 0.2) is 41.2 Å². The molecule has 5 nitrogen and oxygen atoms in total. The van der Waals surface area contributed by atoms with Crippen LogP contribution in [0, 0.1) is 11.7 Å². The Kier molecular flexibility index (Phi) is 3.81. The van der Waals surface area contributed by atoms with E-state index in [9.17, 15) is 17.6 Å². The molecular weight excluding hydrogens is 343 g/mol. The Morgan fingerprint density at radius 3 is 2.52 bits per heavy atom. The summed E-state index contributed by atoms with van der Waals surface area (Å²) in [5.74, 6) is -0.345. The van der Waals surface area contributed by atoms with Crippen LogP contribution in [0.5, 0.6) is 0 Å². The molecule has 2 aliphatic rings. The molecular formula is C18H19FN2O3S. The van der Waals surface area contributed by atoms with Crippen molar-refractivity contribution in [3.8, 4) is 11.1 Å². The lowest BCUT2D eigenvalue weighted by molar-refractivity contribution is 0.187. The van der Waals surface area contributed by atoms with Gasteiger partial charge in [-0.05, 0) is 24.5 Å². The summed E-state index contributed by atoms with van der Waals surface area (Å²) in [5.41, 5.74) is 1.76. The fourth-order valence-corrected chi connectivity index (χ4v) is 5.08. The number of benzene rings is 1. The fraction of sp³-hybridized carbons (Fsp3) is 0.389. The molecule has 1 aromatic heterocycles. The number of hydrogen-bond acceptors (Lipinski definition) is 3. The second-order valence-electron chi connectivity index (χ2n) is 6.94. The van der Waals surface area contributed by atoms with Crippen LogP contribution in [0.3, 0.4) is 0 Å². The first-order chi connectivity index (χ1) is 11.8. The van der Waals surface area contributed by atoms with Gasteiger partial charge in [0, 0.05) is 48.4 Å². The van der Waals surface area contributed by atoms with Crippen LogP contribution in [0.1, 0.15) is 18.0 Å². The first-order valence-electron chi connectivity index (χ1n) is 8.28. The van der Waals surface area contributed by atoms with Gasteiger partial charge in [-0.3, -0.25) is 4.79 Å². The molecule has 0 N–H and O–H groups in total. The highest BCUT2D eigenvalue weighted by Gasteiger charge is 2.39. The second-order valence-corrected chi connectivity index (χ2v) is 8.92. The third-order valence-electron chi connectivity index (χ3n) is 5.19. The molecule has 2 aliphatic heterocycles.